The van der Waals surface area contributed by atoms with Crippen LogP contribution in [-0.4, -0.2) is 95.2 Å². The Morgan fingerprint density at radius 1 is 1.08 bits per heavy atom. The third-order valence-corrected chi connectivity index (χ3v) is 12.8. The third-order valence-electron chi connectivity index (χ3n) is 11.6. The number of likely N-dealkylation sites (tertiary alicyclic amines) is 1. The number of piperidine rings is 1. The van der Waals surface area contributed by atoms with Crippen molar-refractivity contribution < 1.29 is 32.4 Å². The maximum absolute atomic E-state index is 14.6. The molecule has 51 heavy (non-hydrogen) atoms. The number of rotatable bonds is 15. The highest BCUT2D eigenvalue weighted by atomic mass is 32.2. The monoisotopic (exact) mass is 730 g/mol. The molecule has 0 spiro atoms. The fourth-order valence-electron chi connectivity index (χ4n) is 8.13. The average Bonchev–Trinajstić information content (AvgIpc) is 3.74. The molecule has 3 aliphatic carbocycles. The lowest BCUT2D eigenvalue weighted by molar-refractivity contribution is -0.147. The number of carbonyl (C=O) groups excluding carboxylic acids is 5. The van der Waals surface area contributed by atoms with Gasteiger partial charge in [-0.1, -0.05) is 79.7 Å². The predicted octanol–water partition coefficient (Wildman–Crippen LogP) is 1.59. The summed E-state index contributed by atoms with van der Waals surface area (Å²) >= 11 is 0. The maximum Gasteiger partial charge on any atom is 0.289 e. The van der Waals surface area contributed by atoms with Gasteiger partial charge in [-0.25, -0.2) is 18.5 Å². The molecule has 3 unspecified atom stereocenters. The van der Waals surface area contributed by atoms with Crippen LogP contribution in [0.1, 0.15) is 92.9 Å². The lowest BCUT2D eigenvalue weighted by Crippen LogP contribution is -2.64. The Hall–Kier alpha value is -3.66. The van der Waals surface area contributed by atoms with Crippen LogP contribution >= 0.6 is 0 Å². The fraction of sp³-hybridized carbons (Fsp3) is 0.743. The van der Waals surface area contributed by atoms with Gasteiger partial charge in [0, 0.05) is 13.1 Å². The quantitative estimate of drug-likeness (QED) is 0.131. The van der Waals surface area contributed by atoms with Crippen LogP contribution in [0.4, 0.5) is 0 Å². The van der Waals surface area contributed by atoms with Crippen molar-refractivity contribution in [1.82, 2.24) is 40.8 Å². The molecule has 15 nitrogen and oxygen atoms in total. The first-order chi connectivity index (χ1) is 23.8. The van der Waals surface area contributed by atoms with Crippen molar-refractivity contribution in [2.75, 3.05) is 13.1 Å². The van der Waals surface area contributed by atoms with Crippen molar-refractivity contribution in [2.45, 2.75) is 122 Å². The summed E-state index contributed by atoms with van der Waals surface area (Å²) < 4.78 is 29.2. The first kappa shape index (κ1) is 38.6. The molecule has 1 saturated heterocycles. The van der Waals surface area contributed by atoms with Gasteiger partial charge in [-0.2, -0.15) is 9.82 Å². The molecule has 1 aromatic heterocycles. The van der Waals surface area contributed by atoms with Crippen LogP contribution in [0.2, 0.25) is 0 Å². The van der Waals surface area contributed by atoms with Gasteiger partial charge < -0.3 is 20.9 Å². The summed E-state index contributed by atoms with van der Waals surface area (Å²) in [6, 6.07) is -4.32. The van der Waals surface area contributed by atoms with Crippen molar-refractivity contribution in [3.63, 3.8) is 0 Å². The van der Waals surface area contributed by atoms with Crippen LogP contribution in [0, 0.1) is 34.0 Å². The second kappa shape index (κ2) is 14.4. The molecule has 282 valence electrons. The number of sulfonamides is 1. The molecular weight excluding hydrogens is 677 g/mol. The van der Waals surface area contributed by atoms with E-state index in [0.717, 1.165) is 38.4 Å². The van der Waals surface area contributed by atoms with Crippen molar-refractivity contribution in [3.8, 4) is 0 Å². The Bertz CT molecular complexity index is 1630. The van der Waals surface area contributed by atoms with Gasteiger partial charge in [-0.15, -0.1) is 6.58 Å². The Kier molecular flexibility index (Phi) is 10.9. The molecule has 2 heterocycles. The van der Waals surface area contributed by atoms with Crippen LogP contribution in [0.5, 0.6) is 0 Å². The highest BCUT2D eigenvalue weighted by molar-refractivity contribution is 7.89. The Morgan fingerprint density at radius 2 is 1.75 bits per heavy atom. The molecule has 6 atom stereocenters. The summed E-state index contributed by atoms with van der Waals surface area (Å²) in [5.41, 5.74) is -1.83. The lowest BCUT2D eigenvalue weighted by Gasteiger charge is -2.42. The minimum atomic E-state index is -4.27. The van der Waals surface area contributed by atoms with Gasteiger partial charge in [0.1, 0.15) is 24.5 Å². The van der Waals surface area contributed by atoms with Crippen molar-refractivity contribution >= 4 is 39.4 Å². The van der Waals surface area contributed by atoms with E-state index >= 15 is 0 Å². The number of amides is 4. The van der Waals surface area contributed by atoms with E-state index < -0.39 is 79.6 Å². The Balaban J connectivity index is 1.40. The van der Waals surface area contributed by atoms with Gasteiger partial charge in [0.25, 0.3) is 21.1 Å². The molecule has 4 fully saturated rings. The van der Waals surface area contributed by atoms with E-state index in [-0.39, 0.29) is 36.3 Å². The number of H-pyrrole nitrogens is 1. The topological polar surface area (TPSA) is 212 Å². The molecular formula is C35H54N8O7S. The van der Waals surface area contributed by atoms with Gasteiger partial charge in [-0.05, 0) is 53.3 Å². The smallest absolute Gasteiger partial charge is 0.289 e. The van der Waals surface area contributed by atoms with Crippen molar-refractivity contribution in [3.05, 3.63) is 19.0 Å². The summed E-state index contributed by atoms with van der Waals surface area (Å²) in [6.45, 7) is 15.3. The first-order valence-electron chi connectivity index (χ1n) is 18.0. The van der Waals surface area contributed by atoms with Gasteiger partial charge in [0.05, 0.1) is 6.04 Å². The van der Waals surface area contributed by atoms with E-state index in [1.165, 1.54) is 11.0 Å². The number of carbonyl (C=O) groups is 5. The van der Waals surface area contributed by atoms with E-state index in [0.29, 0.717) is 19.3 Å². The molecule has 1 aliphatic heterocycles. The molecule has 0 radical (unpaired) electrons. The number of hydrogen-bond donors (Lipinski definition) is 5. The van der Waals surface area contributed by atoms with Gasteiger partial charge in [0.2, 0.25) is 23.5 Å². The highest BCUT2D eigenvalue weighted by Crippen LogP contribution is 2.65. The molecule has 0 aromatic carbocycles. The average molecular weight is 731 g/mol. The van der Waals surface area contributed by atoms with Crippen molar-refractivity contribution in [2.24, 2.45) is 34.0 Å². The minimum absolute atomic E-state index is 0.0182. The number of nitrogens with zero attached hydrogens (tertiary/aromatic N) is 3. The molecule has 16 heteroatoms. The Morgan fingerprint density at radius 3 is 2.31 bits per heavy atom. The molecule has 4 aliphatic rings. The van der Waals surface area contributed by atoms with Crippen molar-refractivity contribution in [1.29, 1.82) is 0 Å². The number of hydrogen-bond acceptors (Lipinski definition) is 9. The molecule has 0 bridgehead atoms. The number of fused-ring (bicyclic) bond motifs is 1. The van der Waals surface area contributed by atoms with Gasteiger partial charge in [-0.3, -0.25) is 24.0 Å². The zero-order chi connectivity index (χ0) is 37.5. The number of Topliss-reactive ketones (excluding diaryl/α,β-unsaturated/α-hetero) is 1. The normalized spacial score (nSPS) is 25.5. The molecule has 5 rings (SSSR count). The summed E-state index contributed by atoms with van der Waals surface area (Å²) in [6.07, 6.45) is 8.45. The second-order valence-corrected chi connectivity index (χ2v) is 18.5. The zero-order valence-corrected chi connectivity index (χ0v) is 31.4. The van der Waals surface area contributed by atoms with Gasteiger partial charge >= 0.3 is 0 Å². The zero-order valence-electron chi connectivity index (χ0n) is 30.6. The van der Waals surface area contributed by atoms with Crippen LogP contribution < -0.4 is 20.7 Å². The Labute approximate surface area is 300 Å². The standard InChI is InChI=1S/C35H54N8O7S/c1-8-16-36-29(46)25(44)22(17-20-12-13-20)39-28(45)24-23-21(34(23,5)6)18-43(24)31(48)27(33(2,3)4)40-30(47)26(35(7)14-10-9-11-15-35)42-51(49,50)32-37-19-38-41-32/h8,19-24,26-27,42H,1,9-18H2,2-7H3,(H,36,46)(H,39,45)(H,40,47)(H,37,38,41)/t21?,22?,23?,24-,26+,27+/m0/s1. The van der Waals surface area contributed by atoms with Crippen LogP contribution in [0.3, 0.4) is 0 Å². The number of aromatic amines is 1. The summed E-state index contributed by atoms with van der Waals surface area (Å²) in [7, 11) is -4.27. The minimum Gasteiger partial charge on any atom is -0.346 e. The second-order valence-electron chi connectivity index (χ2n) is 16.9. The third kappa shape index (κ3) is 8.21. The van der Waals surface area contributed by atoms with Crippen LogP contribution in [0.15, 0.2) is 24.1 Å². The summed E-state index contributed by atoms with van der Waals surface area (Å²) in [4.78, 5) is 74.2. The van der Waals surface area contributed by atoms with E-state index in [4.69, 9.17) is 0 Å². The summed E-state index contributed by atoms with van der Waals surface area (Å²) in [5.74, 6) is -3.13. The highest BCUT2D eigenvalue weighted by Gasteiger charge is 2.70. The van der Waals surface area contributed by atoms with E-state index in [2.05, 4.69) is 42.4 Å². The van der Waals surface area contributed by atoms with Gasteiger partial charge in [0.15, 0.2) is 0 Å². The van der Waals surface area contributed by atoms with Crippen LogP contribution in [0.25, 0.3) is 0 Å². The molecule has 1 aromatic rings. The molecule has 5 N–H and O–H groups in total. The fourth-order valence-corrected chi connectivity index (χ4v) is 9.31. The summed E-state index contributed by atoms with van der Waals surface area (Å²) in [5, 5.41) is 13.8. The molecule has 4 amide bonds. The number of nitrogens with one attached hydrogen (secondary N) is 5. The van der Waals surface area contributed by atoms with E-state index in [1.807, 2.05) is 20.8 Å². The van der Waals surface area contributed by atoms with Crippen LogP contribution in [-0.2, 0) is 34.0 Å². The molecule has 3 saturated carbocycles. The SMILES string of the molecule is C=CCNC(=O)C(=O)C(CC1CC1)NC(=O)[C@@H]1C2C(CN1C(=O)[C@@H](NC(=O)[C@@H](NS(=O)(=O)c1ncn[nH]1)C1(C)CCCCC1)C(C)(C)C)C2(C)C. The largest absolute Gasteiger partial charge is 0.346 e. The number of aromatic nitrogens is 3. The first-order valence-corrected chi connectivity index (χ1v) is 19.5. The number of ketones is 1. The maximum atomic E-state index is 14.6. The van der Waals surface area contributed by atoms with E-state index in [1.54, 1.807) is 20.8 Å². The predicted molar refractivity (Wildman–Crippen MR) is 187 cm³/mol. The lowest BCUT2D eigenvalue weighted by atomic mass is 9.70. The van der Waals surface area contributed by atoms with E-state index in [9.17, 15) is 32.4 Å².